The fourth-order valence-corrected chi connectivity index (χ4v) is 1.40. The number of benzene rings is 1. The van der Waals surface area contributed by atoms with Crippen LogP contribution in [0.5, 0.6) is 5.75 Å². The molecule has 0 aliphatic rings. The second-order valence-electron chi connectivity index (χ2n) is 3.27. The monoisotopic (exact) mass is 219 g/mol. The van der Waals surface area contributed by atoms with Gasteiger partial charge in [0.15, 0.2) is 5.82 Å². The fraction of sp³-hybridized carbons (Fsp3) is 0.273. The summed E-state index contributed by atoms with van der Waals surface area (Å²) in [6, 6.07) is 7.17. The molecule has 0 saturated carbocycles. The minimum atomic E-state index is -0.366. The van der Waals surface area contributed by atoms with Gasteiger partial charge in [-0.15, -0.1) is 0 Å². The van der Waals surface area contributed by atoms with Gasteiger partial charge in [0.05, 0.1) is 12.6 Å². The Morgan fingerprint density at radius 3 is 2.69 bits per heavy atom. The lowest BCUT2D eigenvalue weighted by atomic mass is 10.1. The lowest BCUT2D eigenvalue weighted by Gasteiger charge is -2.08. The first-order valence-corrected chi connectivity index (χ1v) is 5.06. The summed E-state index contributed by atoms with van der Waals surface area (Å²) in [7, 11) is 0. The fourth-order valence-electron chi connectivity index (χ4n) is 1.40. The van der Waals surface area contributed by atoms with Gasteiger partial charge in [-0.1, -0.05) is 17.3 Å². The Balaban J connectivity index is 2.15. The molecule has 1 aromatic carbocycles. The predicted octanol–water partition coefficient (Wildman–Crippen LogP) is 1.52. The summed E-state index contributed by atoms with van der Waals surface area (Å²) < 4.78 is 9.99. The Morgan fingerprint density at radius 1 is 1.38 bits per heavy atom. The summed E-state index contributed by atoms with van der Waals surface area (Å²) >= 11 is 0. The first kappa shape index (κ1) is 10.6. The molecule has 16 heavy (non-hydrogen) atoms. The molecular weight excluding hydrogens is 206 g/mol. The third-order valence-corrected chi connectivity index (χ3v) is 2.21. The molecule has 2 N–H and O–H groups in total. The zero-order valence-corrected chi connectivity index (χ0v) is 8.96. The number of ether oxygens (including phenoxy) is 1. The van der Waals surface area contributed by atoms with E-state index in [4.69, 9.17) is 10.5 Å². The van der Waals surface area contributed by atoms with Crippen molar-refractivity contribution in [3.05, 3.63) is 42.0 Å². The van der Waals surface area contributed by atoms with E-state index in [1.165, 1.54) is 6.39 Å². The summed E-state index contributed by atoms with van der Waals surface area (Å²) in [6.07, 6.45) is 1.27. The van der Waals surface area contributed by atoms with Gasteiger partial charge in [-0.05, 0) is 24.6 Å². The normalized spacial score (nSPS) is 12.4. The lowest BCUT2D eigenvalue weighted by molar-refractivity contribution is 0.340. The van der Waals surface area contributed by atoms with Gasteiger partial charge in [0.1, 0.15) is 5.75 Å². The Kier molecular flexibility index (Phi) is 3.16. The van der Waals surface area contributed by atoms with Gasteiger partial charge in [-0.3, -0.25) is 0 Å². The van der Waals surface area contributed by atoms with Crippen molar-refractivity contribution in [1.29, 1.82) is 0 Å². The molecule has 5 nitrogen and oxygen atoms in total. The van der Waals surface area contributed by atoms with Crippen molar-refractivity contribution >= 4 is 0 Å². The van der Waals surface area contributed by atoms with Crippen LogP contribution in [0, 0.1) is 0 Å². The highest BCUT2D eigenvalue weighted by atomic mass is 16.5. The molecule has 1 heterocycles. The summed E-state index contributed by atoms with van der Waals surface area (Å²) in [5.74, 6) is 1.30. The van der Waals surface area contributed by atoms with E-state index in [0.29, 0.717) is 12.4 Å². The van der Waals surface area contributed by atoms with E-state index in [0.717, 1.165) is 11.3 Å². The molecule has 1 aromatic heterocycles. The number of hydrogen-bond acceptors (Lipinski definition) is 5. The van der Waals surface area contributed by atoms with Crippen LogP contribution in [0.3, 0.4) is 0 Å². The molecule has 84 valence electrons. The van der Waals surface area contributed by atoms with Gasteiger partial charge >= 0.3 is 0 Å². The molecule has 1 atom stereocenters. The van der Waals surface area contributed by atoms with Gasteiger partial charge in [0.2, 0.25) is 6.39 Å². The average Bonchev–Trinajstić information content (AvgIpc) is 2.83. The van der Waals surface area contributed by atoms with Gasteiger partial charge in [0, 0.05) is 0 Å². The lowest BCUT2D eigenvalue weighted by Crippen LogP contribution is -2.13. The van der Waals surface area contributed by atoms with E-state index in [1.54, 1.807) is 0 Å². The Morgan fingerprint density at radius 2 is 2.12 bits per heavy atom. The van der Waals surface area contributed by atoms with Crippen LogP contribution in [-0.2, 0) is 0 Å². The molecular formula is C11H13N3O2. The predicted molar refractivity (Wildman–Crippen MR) is 57.9 cm³/mol. The number of hydrogen-bond donors (Lipinski definition) is 1. The second-order valence-corrected chi connectivity index (χ2v) is 3.27. The van der Waals surface area contributed by atoms with Crippen molar-refractivity contribution < 1.29 is 9.26 Å². The number of rotatable bonds is 4. The third kappa shape index (κ3) is 2.20. The van der Waals surface area contributed by atoms with Crippen LogP contribution < -0.4 is 10.5 Å². The highest BCUT2D eigenvalue weighted by Gasteiger charge is 2.13. The van der Waals surface area contributed by atoms with Crippen molar-refractivity contribution in [3.63, 3.8) is 0 Å². The molecule has 0 radical (unpaired) electrons. The Hall–Kier alpha value is -1.88. The minimum Gasteiger partial charge on any atom is -0.494 e. The molecule has 0 amide bonds. The standard InChI is InChI=1S/C11H13N3O2/c1-2-15-9-5-3-8(4-6-9)10(12)11-13-7-16-14-11/h3-7,10H,2,12H2,1H3. The molecule has 2 rings (SSSR count). The first-order valence-electron chi connectivity index (χ1n) is 5.06. The van der Waals surface area contributed by atoms with Crippen molar-refractivity contribution in [3.8, 4) is 5.75 Å². The number of aromatic nitrogens is 2. The number of nitrogens with two attached hydrogens (primary N) is 1. The Labute approximate surface area is 93.2 Å². The van der Waals surface area contributed by atoms with Crippen molar-refractivity contribution in [2.24, 2.45) is 5.73 Å². The van der Waals surface area contributed by atoms with E-state index in [9.17, 15) is 0 Å². The smallest absolute Gasteiger partial charge is 0.213 e. The molecule has 0 aliphatic carbocycles. The van der Waals surface area contributed by atoms with Crippen LogP contribution in [0.15, 0.2) is 35.2 Å². The van der Waals surface area contributed by atoms with Gasteiger partial charge in [0.25, 0.3) is 0 Å². The summed E-state index contributed by atoms with van der Waals surface area (Å²) in [5.41, 5.74) is 6.88. The van der Waals surface area contributed by atoms with Gasteiger partial charge in [-0.2, -0.15) is 4.98 Å². The summed E-state index contributed by atoms with van der Waals surface area (Å²) in [4.78, 5) is 3.92. The third-order valence-electron chi connectivity index (χ3n) is 2.21. The van der Waals surface area contributed by atoms with E-state index in [2.05, 4.69) is 14.7 Å². The SMILES string of the molecule is CCOc1ccc(C(N)c2ncon2)cc1. The van der Waals surface area contributed by atoms with Crippen LogP contribution >= 0.6 is 0 Å². The van der Waals surface area contributed by atoms with Crippen molar-refractivity contribution in [2.75, 3.05) is 6.61 Å². The molecule has 0 aliphatic heterocycles. The maximum absolute atomic E-state index is 5.96. The van der Waals surface area contributed by atoms with Gasteiger partial charge < -0.3 is 15.0 Å². The van der Waals surface area contributed by atoms with E-state index in [1.807, 2.05) is 31.2 Å². The molecule has 0 saturated heterocycles. The molecule has 1 unspecified atom stereocenters. The quantitative estimate of drug-likeness (QED) is 0.843. The average molecular weight is 219 g/mol. The maximum atomic E-state index is 5.96. The second kappa shape index (κ2) is 4.76. The first-order chi connectivity index (χ1) is 7.81. The topological polar surface area (TPSA) is 74.2 Å². The Bertz CT molecular complexity index is 425. The van der Waals surface area contributed by atoms with E-state index < -0.39 is 0 Å². The van der Waals surface area contributed by atoms with Crippen LogP contribution in [0.2, 0.25) is 0 Å². The van der Waals surface area contributed by atoms with Crippen LogP contribution in [-0.4, -0.2) is 16.7 Å². The van der Waals surface area contributed by atoms with E-state index >= 15 is 0 Å². The van der Waals surface area contributed by atoms with Crippen LogP contribution in [0.25, 0.3) is 0 Å². The highest BCUT2D eigenvalue weighted by molar-refractivity contribution is 5.31. The largest absolute Gasteiger partial charge is 0.494 e. The molecule has 2 aromatic rings. The molecule has 0 bridgehead atoms. The van der Waals surface area contributed by atoms with Crippen molar-refractivity contribution in [2.45, 2.75) is 13.0 Å². The summed E-state index contributed by atoms with van der Waals surface area (Å²) in [5, 5.41) is 3.71. The summed E-state index contributed by atoms with van der Waals surface area (Å²) in [6.45, 7) is 2.59. The van der Waals surface area contributed by atoms with Gasteiger partial charge in [-0.25, -0.2) is 0 Å². The van der Waals surface area contributed by atoms with E-state index in [-0.39, 0.29) is 6.04 Å². The van der Waals surface area contributed by atoms with Crippen LogP contribution in [0.4, 0.5) is 0 Å². The zero-order chi connectivity index (χ0) is 11.4. The highest BCUT2D eigenvalue weighted by Crippen LogP contribution is 2.19. The minimum absolute atomic E-state index is 0.366. The molecule has 5 heteroatoms. The van der Waals surface area contributed by atoms with Crippen molar-refractivity contribution in [1.82, 2.24) is 10.1 Å². The maximum Gasteiger partial charge on any atom is 0.213 e. The zero-order valence-electron chi connectivity index (χ0n) is 8.96. The van der Waals surface area contributed by atoms with Crippen LogP contribution in [0.1, 0.15) is 24.4 Å². The molecule has 0 fully saturated rings. The molecule has 0 spiro atoms. The number of nitrogens with zero attached hydrogens (tertiary/aromatic N) is 2.